The van der Waals surface area contributed by atoms with E-state index in [2.05, 4.69) is 46.3 Å². The molecule has 3 N–H and O–H groups in total. The van der Waals surface area contributed by atoms with Gasteiger partial charge < -0.3 is 20.9 Å². The average Bonchev–Trinajstić information content (AvgIpc) is 3.15. The Kier molecular flexibility index (Phi) is 6.38. The Labute approximate surface area is 189 Å². The number of carbonyl (C=O) groups excluding carboxylic acids is 1. The highest BCUT2D eigenvalue weighted by molar-refractivity contribution is 7.18. The van der Waals surface area contributed by atoms with Crippen LogP contribution in [-0.2, 0) is 0 Å². The van der Waals surface area contributed by atoms with E-state index in [9.17, 15) is 13.6 Å². The first-order valence-electron chi connectivity index (χ1n) is 10.4. The predicted molar refractivity (Wildman–Crippen MR) is 125 cm³/mol. The molecule has 0 bridgehead atoms. The number of rotatable bonds is 6. The number of hydrogen-bond acceptors (Lipinski definition) is 7. The Morgan fingerprint density at radius 1 is 1.12 bits per heavy atom. The Morgan fingerprint density at radius 2 is 1.81 bits per heavy atom. The fourth-order valence-electron chi connectivity index (χ4n) is 3.84. The van der Waals surface area contributed by atoms with Gasteiger partial charge in [-0.05, 0) is 69.4 Å². The molecule has 0 saturated carbocycles. The lowest BCUT2D eigenvalue weighted by molar-refractivity contribution is 0.104. The van der Waals surface area contributed by atoms with Crippen LogP contribution >= 0.6 is 11.3 Å². The van der Waals surface area contributed by atoms with Gasteiger partial charge in [-0.1, -0.05) is 11.3 Å². The Bertz CT molecular complexity index is 1110. The number of nitrogen functional groups attached to an aromatic ring is 1. The summed E-state index contributed by atoms with van der Waals surface area (Å²) in [7, 11) is 4.26. The van der Waals surface area contributed by atoms with Crippen molar-refractivity contribution in [3.63, 3.8) is 0 Å². The third-order valence-corrected chi connectivity index (χ3v) is 6.71. The van der Waals surface area contributed by atoms with Crippen molar-refractivity contribution < 1.29 is 13.6 Å². The summed E-state index contributed by atoms with van der Waals surface area (Å²) in [5.41, 5.74) is 7.92. The number of halogens is 2. The number of nitrogens with zero attached hydrogens (tertiary/aromatic N) is 3. The van der Waals surface area contributed by atoms with Gasteiger partial charge in [0.1, 0.15) is 10.7 Å². The molecule has 0 amide bonds. The summed E-state index contributed by atoms with van der Waals surface area (Å²) >= 11 is 1.07. The van der Waals surface area contributed by atoms with Gasteiger partial charge >= 0.3 is 0 Å². The molecule has 9 heteroatoms. The zero-order valence-electron chi connectivity index (χ0n) is 17.9. The average molecular weight is 458 g/mol. The molecule has 0 aliphatic carbocycles. The van der Waals surface area contributed by atoms with E-state index in [1.54, 1.807) is 0 Å². The number of benzene rings is 2. The van der Waals surface area contributed by atoms with Crippen LogP contribution in [0.3, 0.4) is 0 Å². The molecule has 1 aliphatic rings. The van der Waals surface area contributed by atoms with Crippen molar-refractivity contribution >= 4 is 39.4 Å². The number of carbonyl (C=O) groups is 1. The highest BCUT2D eigenvalue weighted by atomic mass is 32.1. The van der Waals surface area contributed by atoms with E-state index in [0.717, 1.165) is 55.1 Å². The van der Waals surface area contributed by atoms with Gasteiger partial charge in [0.15, 0.2) is 16.8 Å². The van der Waals surface area contributed by atoms with Crippen molar-refractivity contribution in [3.05, 3.63) is 64.5 Å². The molecule has 32 heavy (non-hydrogen) atoms. The summed E-state index contributed by atoms with van der Waals surface area (Å²) in [4.78, 5) is 21.7. The van der Waals surface area contributed by atoms with Crippen LogP contribution in [-0.4, -0.2) is 48.9 Å². The van der Waals surface area contributed by atoms with Crippen LogP contribution in [0.25, 0.3) is 0 Å². The molecule has 1 fully saturated rings. The summed E-state index contributed by atoms with van der Waals surface area (Å²) in [6.07, 6.45) is 2.28. The van der Waals surface area contributed by atoms with Crippen molar-refractivity contribution in [3.8, 4) is 0 Å². The maximum atomic E-state index is 13.5. The zero-order chi connectivity index (χ0) is 22.8. The maximum absolute atomic E-state index is 13.5. The minimum absolute atomic E-state index is 0.0215. The lowest BCUT2D eigenvalue weighted by atomic mass is 10.0. The van der Waals surface area contributed by atoms with Gasteiger partial charge in [0.05, 0.1) is 0 Å². The first-order valence-corrected chi connectivity index (χ1v) is 11.2. The van der Waals surface area contributed by atoms with Gasteiger partial charge in [-0.15, -0.1) is 0 Å². The number of nitrogens with one attached hydrogen (secondary N) is 1. The second-order valence-electron chi connectivity index (χ2n) is 8.05. The molecule has 1 saturated heterocycles. The van der Waals surface area contributed by atoms with Crippen molar-refractivity contribution in [1.82, 2.24) is 9.88 Å². The lowest BCUT2D eigenvalue weighted by Crippen LogP contribution is -2.41. The van der Waals surface area contributed by atoms with E-state index < -0.39 is 17.4 Å². The quantitative estimate of drug-likeness (QED) is 0.531. The highest BCUT2D eigenvalue weighted by Crippen LogP contribution is 2.31. The molecule has 2 heterocycles. The summed E-state index contributed by atoms with van der Waals surface area (Å²) in [5, 5.41) is 3.61. The molecular formula is C23H25F2N5OS. The van der Waals surface area contributed by atoms with Crippen molar-refractivity contribution in [2.24, 2.45) is 0 Å². The third kappa shape index (κ3) is 4.73. The fraction of sp³-hybridized carbons (Fsp3) is 0.304. The van der Waals surface area contributed by atoms with Gasteiger partial charge in [-0.2, -0.15) is 0 Å². The Hall–Kier alpha value is -3.04. The lowest BCUT2D eigenvalue weighted by Gasteiger charge is -2.36. The number of nitrogens with two attached hydrogens (primary N) is 1. The van der Waals surface area contributed by atoms with Gasteiger partial charge in [-0.25, -0.2) is 13.8 Å². The van der Waals surface area contributed by atoms with E-state index in [-0.39, 0.29) is 16.3 Å². The summed E-state index contributed by atoms with van der Waals surface area (Å²) in [6.45, 7) is 2.04. The van der Waals surface area contributed by atoms with Gasteiger partial charge in [0.2, 0.25) is 5.78 Å². The number of piperidine rings is 1. The molecule has 4 rings (SSSR count). The highest BCUT2D eigenvalue weighted by Gasteiger charge is 2.21. The second kappa shape index (κ2) is 9.22. The molecule has 3 aromatic rings. The topological polar surface area (TPSA) is 74.5 Å². The van der Waals surface area contributed by atoms with Gasteiger partial charge in [0, 0.05) is 36.1 Å². The van der Waals surface area contributed by atoms with E-state index in [1.807, 2.05) is 12.1 Å². The SMILES string of the molecule is CN(C)C1CCN(c2ccc(Nc3nc(N)c(C(=O)c4ccc(F)c(F)c4)s3)cc2)CC1. The molecule has 1 aromatic heterocycles. The van der Waals surface area contributed by atoms with E-state index in [1.165, 1.54) is 11.8 Å². The monoisotopic (exact) mass is 457 g/mol. The van der Waals surface area contributed by atoms with Crippen molar-refractivity contribution in [2.45, 2.75) is 18.9 Å². The standard InChI is InChI=1S/C23H25F2N5OS/c1-29(2)16-9-11-30(12-10-16)17-6-4-15(5-7-17)27-23-28-22(26)21(32-23)20(31)14-3-8-18(24)19(25)13-14/h3-8,13,16H,9-12,26H2,1-2H3,(H,27,28). The second-order valence-corrected chi connectivity index (χ2v) is 9.04. The minimum atomic E-state index is -1.08. The fourth-order valence-corrected chi connectivity index (χ4v) is 4.70. The molecule has 0 radical (unpaired) electrons. The van der Waals surface area contributed by atoms with Crippen molar-refractivity contribution in [2.75, 3.05) is 43.1 Å². The summed E-state index contributed by atoms with van der Waals surface area (Å²) in [5.74, 6) is -2.54. The smallest absolute Gasteiger partial charge is 0.206 e. The molecule has 0 unspecified atom stereocenters. The normalized spacial score (nSPS) is 14.7. The van der Waals surface area contributed by atoms with Crippen molar-refractivity contribution in [1.29, 1.82) is 0 Å². The number of ketones is 1. The van der Waals surface area contributed by atoms with E-state index in [0.29, 0.717) is 11.2 Å². The number of anilines is 4. The Balaban J connectivity index is 1.43. The van der Waals surface area contributed by atoms with Crippen LogP contribution in [0.4, 0.5) is 31.1 Å². The van der Waals surface area contributed by atoms with Crippen LogP contribution in [0.15, 0.2) is 42.5 Å². The Morgan fingerprint density at radius 3 is 2.44 bits per heavy atom. The minimum Gasteiger partial charge on any atom is -0.382 e. The van der Waals surface area contributed by atoms with E-state index in [4.69, 9.17) is 5.73 Å². The van der Waals surface area contributed by atoms with E-state index >= 15 is 0 Å². The largest absolute Gasteiger partial charge is 0.382 e. The summed E-state index contributed by atoms with van der Waals surface area (Å²) < 4.78 is 26.6. The molecular weight excluding hydrogens is 432 g/mol. The first kappa shape index (κ1) is 22.2. The van der Waals surface area contributed by atoms with Crippen LogP contribution in [0.5, 0.6) is 0 Å². The first-order chi connectivity index (χ1) is 15.3. The van der Waals surface area contributed by atoms with Crippen LogP contribution in [0, 0.1) is 11.6 Å². The van der Waals surface area contributed by atoms with Gasteiger partial charge in [-0.3, -0.25) is 4.79 Å². The number of hydrogen-bond donors (Lipinski definition) is 2. The maximum Gasteiger partial charge on any atom is 0.206 e. The molecule has 168 valence electrons. The molecule has 1 aliphatic heterocycles. The number of thiazole rings is 1. The zero-order valence-corrected chi connectivity index (χ0v) is 18.8. The van der Waals surface area contributed by atoms with Gasteiger partial charge in [0.25, 0.3) is 0 Å². The molecule has 6 nitrogen and oxygen atoms in total. The molecule has 0 spiro atoms. The third-order valence-electron chi connectivity index (χ3n) is 5.72. The predicted octanol–water partition coefficient (Wildman–Crippen LogP) is 4.51. The summed E-state index contributed by atoms with van der Waals surface area (Å²) in [6, 6.07) is 11.7. The molecule has 0 atom stereocenters. The molecule has 2 aromatic carbocycles. The van der Waals surface area contributed by atoms with Crippen LogP contribution < -0.4 is 16.0 Å². The van der Waals surface area contributed by atoms with Crippen LogP contribution in [0.2, 0.25) is 0 Å². The number of aromatic nitrogens is 1. The van der Waals surface area contributed by atoms with Crippen LogP contribution in [0.1, 0.15) is 28.1 Å².